The SMILES string of the molecule is CCCCc1oc2cc(Br)ccc2c1C(B1OC(C)(C)C(C)(C)O1)B1OC(C)(C)C(C)(C)O1. The van der Waals surface area contributed by atoms with Crippen molar-refractivity contribution < 1.29 is 23.0 Å². The standard InChI is InChI=1S/C25H37B2BrO5/c1-10-11-12-18-20(17-14-13-16(28)15-19(17)29-18)21(26-30-22(2,3)23(4,5)31-26)27-32-24(6,7)25(8,9)33-27/h13-15,21H,10-12H2,1-9H3. The van der Waals surface area contributed by atoms with Crippen LogP contribution in [0, 0.1) is 0 Å². The van der Waals surface area contributed by atoms with Crippen molar-refractivity contribution in [3.8, 4) is 0 Å². The molecule has 4 rings (SSSR count). The summed E-state index contributed by atoms with van der Waals surface area (Å²) in [6, 6.07) is 6.19. The predicted molar refractivity (Wildman–Crippen MR) is 137 cm³/mol. The van der Waals surface area contributed by atoms with Gasteiger partial charge in [-0.05, 0) is 80.0 Å². The molecule has 180 valence electrons. The van der Waals surface area contributed by atoms with Crippen molar-refractivity contribution in [3.63, 3.8) is 0 Å². The Kier molecular flexibility index (Phi) is 6.45. The fraction of sp³-hybridized carbons (Fsp3) is 0.680. The van der Waals surface area contributed by atoms with Crippen LogP contribution in [-0.4, -0.2) is 36.6 Å². The van der Waals surface area contributed by atoms with Gasteiger partial charge in [-0.3, -0.25) is 0 Å². The van der Waals surface area contributed by atoms with Crippen molar-refractivity contribution in [2.75, 3.05) is 0 Å². The number of hydrogen-bond acceptors (Lipinski definition) is 5. The first-order valence-corrected chi connectivity index (χ1v) is 12.9. The summed E-state index contributed by atoms with van der Waals surface area (Å²) in [5, 5.41) is 1.05. The van der Waals surface area contributed by atoms with Gasteiger partial charge in [0.05, 0.1) is 28.1 Å². The molecular weight excluding hydrogens is 482 g/mol. The van der Waals surface area contributed by atoms with E-state index in [1.54, 1.807) is 0 Å². The molecule has 0 saturated carbocycles. The molecule has 0 unspecified atom stereocenters. The molecule has 1 aromatic carbocycles. The van der Waals surface area contributed by atoms with E-state index in [1.807, 2.05) is 6.07 Å². The summed E-state index contributed by atoms with van der Waals surface area (Å²) in [5.74, 6) is 0.958. The lowest BCUT2D eigenvalue weighted by atomic mass is 9.48. The molecule has 2 saturated heterocycles. The second-order valence-electron chi connectivity index (χ2n) is 11.5. The molecule has 2 aliphatic rings. The zero-order valence-electron chi connectivity index (χ0n) is 21.5. The first kappa shape index (κ1) is 25.3. The number of benzene rings is 1. The molecule has 0 spiro atoms. The number of fused-ring (bicyclic) bond motifs is 1. The molecule has 0 radical (unpaired) electrons. The molecule has 0 atom stereocenters. The van der Waals surface area contributed by atoms with Crippen molar-refractivity contribution in [3.05, 3.63) is 34.0 Å². The van der Waals surface area contributed by atoms with E-state index in [2.05, 4.69) is 90.4 Å². The Labute approximate surface area is 207 Å². The zero-order chi connectivity index (χ0) is 24.4. The molecule has 0 N–H and O–H groups in total. The van der Waals surface area contributed by atoms with Gasteiger partial charge in [-0.1, -0.05) is 29.3 Å². The Morgan fingerprint density at radius 1 is 0.818 bits per heavy atom. The molecule has 0 amide bonds. The van der Waals surface area contributed by atoms with Crippen molar-refractivity contribution in [1.29, 1.82) is 0 Å². The lowest BCUT2D eigenvalue weighted by Crippen LogP contribution is -2.41. The number of hydrogen-bond donors (Lipinski definition) is 0. The smallest absolute Gasteiger partial charge is 0.461 e. The van der Waals surface area contributed by atoms with Crippen LogP contribution in [-0.2, 0) is 25.0 Å². The third-order valence-corrected chi connectivity index (χ3v) is 8.48. The van der Waals surface area contributed by atoms with Crippen molar-refractivity contribution in [1.82, 2.24) is 0 Å². The second kappa shape index (κ2) is 8.41. The maximum Gasteiger partial charge on any atom is 0.463 e. The summed E-state index contributed by atoms with van der Waals surface area (Å²) in [6.45, 7) is 18.8. The third-order valence-electron chi connectivity index (χ3n) is 7.99. The number of aryl methyl sites for hydroxylation is 1. The van der Waals surface area contributed by atoms with E-state index >= 15 is 0 Å². The molecule has 2 aromatic rings. The molecule has 8 heteroatoms. The van der Waals surface area contributed by atoms with Gasteiger partial charge < -0.3 is 23.0 Å². The monoisotopic (exact) mass is 518 g/mol. The minimum absolute atomic E-state index is 0.304. The van der Waals surface area contributed by atoms with E-state index in [1.165, 1.54) is 0 Å². The largest absolute Gasteiger partial charge is 0.463 e. The molecule has 0 bridgehead atoms. The molecule has 2 fully saturated rings. The highest BCUT2D eigenvalue weighted by atomic mass is 79.9. The van der Waals surface area contributed by atoms with Crippen molar-refractivity contribution in [2.45, 2.75) is 110 Å². The van der Waals surface area contributed by atoms with Crippen LogP contribution in [0.25, 0.3) is 11.0 Å². The minimum Gasteiger partial charge on any atom is -0.461 e. The quantitative estimate of drug-likeness (QED) is 0.390. The molecule has 33 heavy (non-hydrogen) atoms. The Bertz CT molecular complexity index is 961. The zero-order valence-corrected chi connectivity index (χ0v) is 23.1. The molecular formula is C25H37B2BrO5. The summed E-state index contributed by atoms with van der Waals surface area (Å²) in [6.07, 6.45) is 2.96. The molecule has 2 aliphatic heterocycles. The van der Waals surface area contributed by atoms with Crippen LogP contribution in [0.1, 0.15) is 92.2 Å². The maximum atomic E-state index is 6.60. The van der Waals surface area contributed by atoms with Gasteiger partial charge in [0.1, 0.15) is 11.3 Å². The van der Waals surface area contributed by atoms with Gasteiger partial charge in [-0.25, -0.2) is 0 Å². The first-order chi connectivity index (χ1) is 15.2. The Hall–Kier alpha value is -0.790. The van der Waals surface area contributed by atoms with E-state index in [9.17, 15) is 0 Å². The van der Waals surface area contributed by atoms with E-state index in [0.717, 1.165) is 46.0 Å². The van der Waals surface area contributed by atoms with Crippen LogP contribution >= 0.6 is 15.9 Å². The summed E-state index contributed by atoms with van der Waals surface area (Å²) < 4.78 is 33.8. The first-order valence-electron chi connectivity index (χ1n) is 12.1. The van der Waals surface area contributed by atoms with Gasteiger partial charge in [0, 0.05) is 21.8 Å². The van der Waals surface area contributed by atoms with Crippen molar-refractivity contribution in [2.24, 2.45) is 0 Å². The highest BCUT2D eigenvalue weighted by Gasteiger charge is 2.63. The molecule has 0 aliphatic carbocycles. The lowest BCUT2D eigenvalue weighted by molar-refractivity contribution is 0.00578. The van der Waals surface area contributed by atoms with E-state index < -0.39 is 36.6 Å². The third kappa shape index (κ3) is 4.35. The Morgan fingerprint density at radius 3 is 1.76 bits per heavy atom. The fourth-order valence-corrected chi connectivity index (χ4v) is 4.84. The van der Waals surface area contributed by atoms with Gasteiger partial charge in [0.15, 0.2) is 0 Å². The average Bonchev–Trinajstić information content (AvgIpc) is 3.20. The topological polar surface area (TPSA) is 50.1 Å². The number of unbranched alkanes of at least 4 members (excludes halogenated alkanes) is 1. The van der Waals surface area contributed by atoms with Gasteiger partial charge in [0.2, 0.25) is 0 Å². The highest BCUT2D eigenvalue weighted by Crippen LogP contribution is 2.48. The van der Waals surface area contributed by atoms with Gasteiger partial charge in [-0.15, -0.1) is 0 Å². The fourth-order valence-electron chi connectivity index (χ4n) is 4.50. The lowest BCUT2D eigenvalue weighted by Gasteiger charge is -2.32. The summed E-state index contributed by atoms with van der Waals surface area (Å²) in [7, 11) is -1.07. The normalized spacial score (nSPS) is 23.2. The summed E-state index contributed by atoms with van der Waals surface area (Å²) in [4.78, 5) is 0. The van der Waals surface area contributed by atoms with Crippen molar-refractivity contribution >= 4 is 41.1 Å². The van der Waals surface area contributed by atoms with E-state index in [4.69, 9.17) is 23.0 Å². The van der Waals surface area contributed by atoms with E-state index in [0.29, 0.717) is 0 Å². The van der Waals surface area contributed by atoms with Gasteiger partial charge >= 0.3 is 14.2 Å². The van der Waals surface area contributed by atoms with Crippen LogP contribution in [0.15, 0.2) is 27.1 Å². The van der Waals surface area contributed by atoms with Crippen LogP contribution < -0.4 is 0 Å². The predicted octanol–water partition coefficient (Wildman–Crippen LogP) is 6.88. The molecule has 5 nitrogen and oxygen atoms in total. The highest BCUT2D eigenvalue weighted by molar-refractivity contribution is 9.10. The van der Waals surface area contributed by atoms with Crippen LogP contribution in [0.5, 0.6) is 0 Å². The molecule has 3 heterocycles. The number of halogens is 1. The second-order valence-corrected chi connectivity index (χ2v) is 12.4. The maximum absolute atomic E-state index is 6.60. The molecule has 1 aromatic heterocycles. The summed E-state index contributed by atoms with van der Waals surface area (Å²) >= 11 is 3.59. The number of rotatable bonds is 6. The van der Waals surface area contributed by atoms with Crippen LogP contribution in [0.4, 0.5) is 0 Å². The minimum atomic E-state index is -0.533. The van der Waals surface area contributed by atoms with Crippen LogP contribution in [0.2, 0.25) is 0 Å². The number of furan rings is 1. The Balaban J connectivity index is 1.88. The van der Waals surface area contributed by atoms with Gasteiger partial charge in [-0.2, -0.15) is 0 Å². The Morgan fingerprint density at radius 2 is 1.30 bits per heavy atom. The van der Waals surface area contributed by atoms with Crippen LogP contribution in [0.3, 0.4) is 0 Å². The average molecular weight is 519 g/mol. The summed E-state index contributed by atoms with van der Waals surface area (Å²) in [5.41, 5.74) is -0.248. The van der Waals surface area contributed by atoms with E-state index in [-0.39, 0.29) is 5.72 Å². The van der Waals surface area contributed by atoms with Gasteiger partial charge in [0.25, 0.3) is 0 Å².